The van der Waals surface area contributed by atoms with Crippen molar-refractivity contribution in [2.75, 3.05) is 13.2 Å². The van der Waals surface area contributed by atoms with Crippen molar-refractivity contribution in [1.82, 2.24) is 0 Å². The molecule has 0 heterocycles. The molecule has 0 radical (unpaired) electrons. The molecule has 0 aromatic heterocycles. The van der Waals surface area contributed by atoms with Crippen LogP contribution in [0.1, 0.15) is 21.5 Å². The van der Waals surface area contributed by atoms with Gasteiger partial charge >= 0.3 is 5.97 Å². The fourth-order valence-electron chi connectivity index (χ4n) is 1.31. The summed E-state index contributed by atoms with van der Waals surface area (Å²) in [6.45, 7) is 0.229. The SMILES string of the molecule is [N-]=[N+]=NCCOC(=O)c1cc(CBr)ccc1CBr. The Labute approximate surface area is 121 Å². The van der Waals surface area contributed by atoms with Crippen LogP contribution >= 0.6 is 31.9 Å². The summed E-state index contributed by atoms with van der Waals surface area (Å²) < 4.78 is 5.03. The highest BCUT2D eigenvalue weighted by Crippen LogP contribution is 2.18. The number of alkyl halides is 2. The molecule has 0 spiro atoms. The van der Waals surface area contributed by atoms with Crippen LogP contribution in [0.5, 0.6) is 0 Å². The van der Waals surface area contributed by atoms with Crippen LogP contribution in [0.2, 0.25) is 0 Å². The van der Waals surface area contributed by atoms with E-state index in [1.807, 2.05) is 12.1 Å². The van der Waals surface area contributed by atoms with Gasteiger partial charge in [0.05, 0.1) is 18.7 Å². The van der Waals surface area contributed by atoms with Crippen LogP contribution in [0.15, 0.2) is 23.3 Å². The predicted molar refractivity (Wildman–Crippen MR) is 76.0 cm³/mol. The molecule has 1 aromatic carbocycles. The molecule has 0 saturated carbocycles. The third kappa shape index (κ3) is 4.33. The monoisotopic (exact) mass is 375 g/mol. The molecule has 1 rings (SSSR count). The first kappa shape index (κ1) is 15.0. The van der Waals surface area contributed by atoms with Crippen LogP contribution in [0.4, 0.5) is 0 Å². The summed E-state index contributed by atoms with van der Waals surface area (Å²) in [5, 5.41) is 4.56. The average Bonchev–Trinajstić information content (AvgIpc) is 2.42. The first-order valence-corrected chi connectivity index (χ1v) is 7.39. The van der Waals surface area contributed by atoms with Crippen molar-refractivity contribution in [3.05, 3.63) is 45.3 Å². The molecule has 1 aromatic rings. The quantitative estimate of drug-likeness (QED) is 0.188. The smallest absolute Gasteiger partial charge is 0.338 e. The van der Waals surface area contributed by atoms with Crippen LogP contribution in [0, 0.1) is 0 Å². The minimum Gasteiger partial charge on any atom is -0.462 e. The van der Waals surface area contributed by atoms with Crippen LogP contribution in [-0.4, -0.2) is 19.1 Å². The topological polar surface area (TPSA) is 75.1 Å². The number of nitrogens with zero attached hydrogens (tertiary/aromatic N) is 3. The molecule has 96 valence electrons. The number of hydrogen-bond donors (Lipinski definition) is 0. The maximum Gasteiger partial charge on any atom is 0.338 e. The summed E-state index contributed by atoms with van der Waals surface area (Å²) >= 11 is 6.67. The zero-order valence-corrected chi connectivity index (χ0v) is 12.6. The molecule has 7 heteroatoms. The second-order valence-corrected chi connectivity index (χ2v) is 4.47. The minimum atomic E-state index is -0.402. The third-order valence-corrected chi connectivity index (χ3v) is 3.43. The van der Waals surface area contributed by atoms with Gasteiger partial charge in [-0.15, -0.1) is 0 Å². The molecule has 0 amide bonds. The second kappa shape index (κ2) is 8.13. The van der Waals surface area contributed by atoms with Crippen LogP contribution in [0.25, 0.3) is 10.4 Å². The molecule has 0 aliphatic rings. The third-order valence-electron chi connectivity index (χ3n) is 2.18. The number of carbonyl (C=O) groups excluding carboxylic acids is 1. The van der Waals surface area contributed by atoms with E-state index in [4.69, 9.17) is 10.3 Å². The molecule has 0 fully saturated rings. The maximum atomic E-state index is 11.9. The lowest BCUT2D eigenvalue weighted by Gasteiger charge is -2.08. The lowest BCUT2D eigenvalue weighted by atomic mass is 10.1. The fourth-order valence-corrected chi connectivity index (χ4v) is 2.15. The van der Waals surface area contributed by atoms with E-state index < -0.39 is 5.97 Å². The number of esters is 1. The predicted octanol–water partition coefficient (Wildman–Crippen LogP) is 3.94. The highest BCUT2D eigenvalue weighted by molar-refractivity contribution is 9.08. The van der Waals surface area contributed by atoms with Gasteiger partial charge in [0.2, 0.25) is 0 Å². The molecule has 0 atom stereocenters. The lowest BCUT2D eigenvalue weighted by Crippen LogP contribution is -2.10. The van der Waals surface area contributed by atoms with Crippen molar-refractivity contribution >= 4 is 37.8 Å². The van der Waals surface area contributed by atoms with Crippen molar-refractivity contribution < 1.29 is 9.53 Å². The number of rotatable bonds is 6. The van der Waals surface area contributed by atoms with Gasteiger partial charge in [0, 0.05) is 15.6 Å². The molecular formula is C11H11Br2N3O2. The van der Waals surface area contributed by atoms with E-state index in [1.165, 1.54) is 0 Å². The van der Waals surface area contributed by atoms with Gasteiger partial charge in [0.25, 0.3) is 0 Å². The highest BCUT2D eigenvalue weighted by atomic mass is 79.9. The Morgan fingerprint density at radius 2 is 2.17 bits per heavy atom. The maximum absolute atomic E-state index is 11.9. The van der Waals surface area contributed by atoms with E-state index in [0.717, 1.165) is 11.1 Å². The van der Waals surface area contributed by atoms with Gasteiger partial charge in [-0.05, 0) is 22.7 Å². The van der Waals surface area contributed by atoms with Gasteiger partial charge in [-0.3, -0.25) is 0 Å². The van der Waals surface area contributed by atoms with Crippen molar-refractivity contribution in [2.45, 2.75) is 10.7 Å². The summed E-state index contributed by atoms with van der Waals surface area (Å²) in [6, 6.07) is 5.62. The molecule has 0 bridgehead atoms. The van der Waals surface area contributed by atoms with Gasteiger partial charge in [0.1, 0.15) is 0 Å². The first-order valence-electron chi connectivity index (χ1n) is 5.14. The standard InChI is InChI=1S/C11H11Br2N3O2/c12-6-8-1-2-9(7-13)10(5-8)11(17)18-4-3-15-16-14/h1-2,5H,3-4,6-7H2. The minimum absolute atomic E-state index is 0.0865. The Kier molecular flexibility index (Phi) is 6.78. The molecule has 0 aliphatic carbocycles. The van der Waals surface area contributed by atoms with E-state index in [2.05, 4.69) is 41.9 Å². The summed E-state index contributed by atoms with van der Waals surface area (Å²) in [5.41, 5.74) is 10.5. The molecule has 0 unspecified atom stereocenters. The van der Waals surface area contributed by atoms with Crippen molar-refractivity contribution in [3.8, 4) is 0 Å². The van der Waals surface area contributed by atoms with Crippen molar-refractivity contribution in [3.63, 3.8) is 0 Å². The number of hydrogen-bond acceptors (Lipinski definition) is 3. The van der Waals surface area contributed by atoms with E-state index in [0.29, 0.717) is 16.2 Å². The fraction of sp³-hybridized carbons (Fsp3) is 0.364. The first-order chi connectivity index (χ1) is 8.72. The summed E-state index contributed by atoms with van der Waals surface area (Å²) in [4.78, 5) is 14.4. The lowest BCUT2D eigenvalue weighted by molar-refractivity contribution is 0.0516. The van der Waals surface area contributed by atoms with Crippen LogP contribution in [-0.2, 0) is 15.4 Å². The molecule has 0 saturated heterocycles. The average molecular weight is 377 g/mol. The summed E-state index contributed by atoms with van der Waals surface area (Å²) in [7, 11) is 0. The van der Waals surface area contributed by atoms with E-state index in [9.17, 15) is 4.79 Å². The Hall–Kier alpha value is -1.04. The van der Waals surface area contributed by atoms with E-state index in [-0.39, 0.29) is 13.2 Å². The number of azide groups is 1. The Morgan fingerprint density at radius 1 is 1.39 bits per heavy atom. The van der Waals surface area contributed by atoms with Gasteiger partial charge in [-0.25, -0.2) is 4.79 Å². The van der Waals surface area contributed by atoms with E-state index in [1.54, 1.807) is 6.07 Å². The molecule has 5 nitrogen and oxygen atoms in total. The molecule has 18 heavy (non-hydrogen) atoms. The van der Waals surface area contributed by atoms with Crippen molar-refractivity contribution in [2.24, 2.45) is 5.11 Å². The Bertz CT molecular complexity index is 473. The van der Waals surface area contributed by atoms with Gasteiger partial charge < -0.3 is 4.74 Å². The second-order valence-electron chi connectivity index (χ2n) is 3.35. The number of carbonyl (C=O) groups is 1. The normalized spacial score (nSPS) is 9.67. The van der Waals surface area contributed by atoms with E-state index >= 15 is 0 Å². The zero-order chi connectivity index (χ0) is 13.4. The zero-order valence-electron chi connectivity index (χ0n) is 9.47. The number of halogens is 2. The van der Waals surface area contributed by atoms with Crippen LogP contribution < -0.4 is 0 Å². The molecular weight excluding hydrogens is 366 g/mol. The van der Waals surface area contributed by atoms with Gasteiger partial charge in [-0.2, -0.15) is 0 Å². The summed E-state index contributed by atoms with van der Waals surface area (Å²) in [5.74, 6) is -0.402. The highest BCUT2D eigenvalue weighted by Gasteiger charge is 2.12. The Morgan fingerprint density at radius 3 is 2.78 bits per heavy atom. The summed E-state index contributed by atoms with van der Waals surface area (Å²) in [6.07, 6.45) is 0. The largest absolute Gasteiger partial charge is 0.462 e. The molecule has 0 aliphatic heterocycles. The van der Waals surface area contributed by atoms with Gasteiger partial charge in [-0.1, -0.05) is 49.1 Å². The van der Waals surface area contributed by atoms with Crippen molar-refractivity contribution in [1.29, 1.82) is 0 Å². The number of ether oxygens (including phenoxy) is 1. The van der Waals surface area contributed by atoms with Crippen LogP contribution in [0.3, 0.4) is 0 Å². The Balaban J connectivity index is 2.79. The molecule has 0 N–H and O–H groups in total. The van der Waals surface area contributed by atoms with Gasteiger partial charge in [0.15, 0.2) is 0 Å². The number of benzene rings is 1.